The minimum atomic E-state index is -2.91. The van der Waals surface area contributed by atoms with E-state index in [1.807, 2.05) is 0 Å². The van der Waals surface area contributed by atoms with Crippen molar-refractivity contribution in [1.82, 2.24) is 0 Å². The topological polar surface area (TPSA) is 60.2 Å². The summed E-state index contributed by atoms with van der Waals surface area (Å²) in [5.41, 5.74) is 7.08. The Morgan fingerprint density at radius 3 is 2.05 bits per heavy atom. The van der Waals surface area contributed by atoms with Crippen LogP contribution in [0.2, 0.25) is 0 Å². The third kappa shape index (κ3) is 2.46. The number of sulfone groups is 1. The van der Waals surface area contributed by atoms with Crippen LogP contribution in [0.25, 0.3) is 0 Å². The Kier molecular flexibility index (Phi) is 3.59. The lowest BCUT2D eigenvalue weighted by Gasteiger charge is -2.33. The summed E-state index contributed by atoms with van der Waals surface area (Å²) >= 11 is 0. The second kappa shape index (κ2) is 4.45. The van der Waals surface area contributed by atoms with Crippen LogP contribution >= 0.6 is 0 Å². The van der Waals surface area contributed by atoms with Crippen LogP contribution in [0, 0.1) is 22.7 Å². The van der Waals surface area contributed by atoms with Crippen molar-refractivity contribution in [3.8, 4) is 0 Å². The molecule has 2 aliphatic carbocycles. The predicted molar refractivity (Wildman–Crippen MR) is 79.6 cm³/mol. The number of hydrogen-bond donors (Lipinski definition) is 1. The lowest BCUT2D eigenvalue weighted by molar-refractivity contribution is 0.265. The Balaban J connectivity index is 2.07. The zero-order valence-corrected chi connectivity index (χ0v) is 13.8. The highest BCUT2D eigenvalue weighted by molar-refractivity contribution is 7.91. The molecule has 2 fully saturated rings. The first kappa shape index (κ1) is 15.3. The van der Waals surface area contributed by atoms with E-state index in [1.165, 1.54) is 6.26 Å². The molecule has 0 saturated heterocycles. The van der Waals surface area contributed by atoms with Gasteiger partial charge in [0.05, 0.1) is 5.25 Å². The van der Waals surface area contributed by atoms with Crippen LogP contribution in [0.1, 0.15) is 53.4 Å². The zero-order valence-electron chi connectivity index (χ0n) is 12.9. The largest absolute Gasteiger partial charge is 0.327 e. The van der Waals surface area contributed by atoms with Gasteiger partial charge in [0.2, 0.25) is 0 Å². The van der Waals surface area contributed by atoms with E-state index < -0.39 is 9.84 Å². The van der Waals surface area contributed by atoms with Gasteiger partial charge in [0.25, 0.3) is 0 Å². The Bertz CT molecular complexity index is 439. The zero-order chi connectivity index (χ0) is 14.6. The molecule has 19 heavy (non-hydrogen) atoms. The van der Waals surface area contributed by atoms with Gasteiger partial charge in [-0.25, -0.2) is 8.42 Å². The van der Waals surface area contributed by atoms with Crippen LogP contribution in [-0.4, -0.2) is 26.0 Å². The van der Waals surface area contributed by atoms with E-state index >= 15 is 0 Å². The molecule has 0 bridgehead atoms. The Labute approximate surface area is 118 Å². The van der Waals surface area contributed by atoms with Crippen molar-refractivity contribution in [1.29, 1.82) is 0 Å². The third-order valence-electron chi connectivity index (χ3n) is 6.33. The highest BCUT2D eigenvalue weighted by Crippen LogP contribution is 2.70. The second-order valence-electron chi connectivity index (χ2n) is 7.88. The van der Waals surface area contributed by atoms with E-state index in [0.717, 1.165) is 25.7 Å². The molecule has 2 N–H and O–H groups in total. The van der Waals surface area contributed by atoms with Gasteiger partial charge >= 0.3 is 0 Å². The van der Waals surface area contributed by atoms with Gasteiger partial charge in [0.1, 0.15) is 9.84 Å². The summed E-state index contributed by atoms with van der Waals surface area (Å²) in [7, 11) is -2.91. The quantitative estimate of drug-likeness (QED) is 0.868. The number of nitrogens with two attached hydrogens (primary N) is 1. The maximum atomic E-state index is 11.8. The molecular formula is C15H29NO2S. The fraction of sp³-hybridized carbons (Fsp3) is 1.00. The molecule has 0 aromatic heterocycles. The molecule has 2 saturated carbocycles. The van der Waals surface area contributed by atoms with Gasteiger partial charge in [-0.3, -0.25) is 0 Å². The fourth-order valence-electron chi connectivity index (χ4n) is 4.40. The van der Waals surface area contributed by atoms with Gasteiger partial charge in [-0.2, -0.15) is 0 Å². The van der Waals surface area contributed by atoms with Crippen LogP contribution < -0.4 is 5.73 Å². The highest BCUT2D eigenvalue weighted by Gasteiger charge is 2.67. The van der Waals surface area contributed by atoms with Crippen LogP contribution in [0.15, 0.2) is 0 Å². The van der Waals surface area contributed by atoms with Crippen molar-refractivity contribution in [2.75, 3.05) is 6.26 Å². The third-order valence-corrected chi connectivity index (χ3v) is 7.97. The summed E-state index contributed by atoms with van der Waals surface area (Å²) in [6.07, 6.45) is 5.05. The van der Waals surface area contributed by atoms with E-state index in [4.69, 9.17) is 5.73 Å². The van der Waals surface area contributed by atoms with E-state index in [1.54, 1.807) is 0 Å². The molecule has 4 heteroatoms. The summed E-state index contributed by atoms with van der Waals surface area (Å²) in [5.74, 6) is 0.892. The summed E-state index contributed by atoms with van der Waals surface area (Å²) < 4.78 is 23.5. The molecule has 3 unspecified atom stereocenters. The Hall–Kier alpha value is -0.0900. The van der Waals surface area contributed by atoms with Crippen molar-refractivity contribution < 1.29 is 8.42 Å². The first-order valence-electron chi connectivity index (χ1n) is 7.44. The molecule has 0 spiro atoms. The predicted octanol–water partition coefficient (Wildman–Crippen LogP) is 2.60. The lowest BCUT2D eigenvalue weighted by Crippen LogP contribution is -2.40. The van der Waals surface area contributed by atoms with Gasteiger partial charge in [0, 0.05) is 12.3 Å². The average Bonchev–Trinajstić information content (AvgIpc) is 2.68. The minimum absolute atomic E-state index is 0.148. The Morgan fingerprint density at radius 1 is 1.11 bits per heavy atom. The molecule has 3 atom stereocenters. The van der Waals surface area contributed by atoms with Crippen molar-refractivity contribution in [3.05, 3.63) is 0 Å². The number of rotatable bonds is 3. The van der Waals surface area contributed by atoms with Gasteiger partial charge in [0.15, 0.2) is 0 Å². The monoisotopic (exact) mass is 287 g/mol. The molecule has 112 valence electrons. The standard InChI is InChI=1S/C15H29NO2S/c1-14(2)13(15(14,3)4)12(16)10-7-6-8-11(9-10)19(5,17)18/h10-13H,6-9,16H2,1-5H3. The summed E-state index contributed by atoms with van der Waals surface area (Å²) in [6, 6.07) is 0.148. The first-order valence-corrected chi connectivity index (χ1v) is 9.39. The lowest BCUT2D eigenvalue weighted by atomic mass is 9.80. The number of hydrogen-bond acceptors (Lipinski definition) is 3. The van der Waals surface area contributed by atoms with E-state index in [-0.39, 0.29) is 22.1 Å². The minimum Gasteiger partial charge on any atom is -0.327 e. The second-order valence-corrected chi connectivity index (χ2v) is 10.2. The van der Waals surface area contributed by atoms with Crippen molar-refractivity contribution in [2.45, 2.75) is 64.7 Å². The van der Waals surface area contributed by atoms with Crippen molar-refractivity contribution in [3.63, 3.8) is 0 Å². The molecule has 0 amide bonds. The van der Waals surface area contributed by atoms with Gasteiger partial charge in [-0.15, -0.1) is 0 Å². The summed E-state index contributed by atoms with van der Waals surface area (Å²) in [5, 5.41) is -0.165. The van der Waals surface area contributed by atoms with Crippen molar-refractivity contribution in [2.24, 2.45) is 28.4 Å². The van der Waals surface area contributed by atoms with E-state index in [0.29, 0.717) is 11.8 Å². The summed E-state index contributed by atoms with van der Waals surface area (Å²) in [4.78, 5) is 0. The maximum Gasteiger partial charge on any atom is 0.150 e. The fourth-order valence-corrected chi connectivity index (χ4v) is 5.59. The van der Waals surface area contributed by atoms with Crippen LogP contribution in [0.5, 0.6) is 0 Å². The molecule has 0 aromatic carbocycles. The normalized spacial score (nSPS) is 35.9. The van der Waals surface area contributed by atoms with Crippen molar-refractivity contribution >= 4 is 9.84 Å². The molecule has 2 aliphatic rings. The molecule has 0 heterocycles. The first-order chi connectivity index (χ1) is 8.49. The summed E-state index contributed by atoms with van der Waals surface area (Å²) in [6.45, 7) is 9.14. The highest BCUT2D eigenvalue weighted by atomic mass is 32.2. The van der Waals surface area contributed by atoms with Gasteiger partial charge in [-0.05, 0) is 41.9 Å². The van der Waals surface area contributed by atoms with Gasteiger partial charge in [-0.1, -0.05) is 34.1 Å². The molecule has 2 rings (SSSR count). The SMILES string of the molecule is CC1(C)C(C(N)C2CCCC(S(C)(=O)=O)C2)C1(C)C. The molecule has 0 radical (unpaired) electrons. The Morgan fingerprint density at radius 2 is 1.63 bits per heavy atom. The molecule has 0 aromatic rings. The van der Waals surface area contributed by atoms with E-state index in [2.05, 4.69) is 27.7 Å². The van der Waals surface area contributed by atoms with Crippen LogP contribution in [-0.2, 0) is 9.84 Å². The molecule has 0 aliphatic heterocycles. The maximum absolute atomic E-state index is 11.8. The average molecular weight is 287 g/mol. The van der Waals surface area contributed by atoms with Gasteiger partial charge < -0.3 is 5.73 Å². The smallest absolute Gasteiger partial charge is 0.150 e. The molecular weight excluding hydrogens is 258 g/mol. The van der Waals surface area contributed by atoms with Crippen LogP contribution in [0.3, 0.4) is 0 Å². The van der Waals surface area contributed by atoms with Crippen LogP contribution in [0.4, 0.5) is 0 Å². The molecule has 3 nitrogen and oxygen atoms in total. The van der Waals surface area contributed by atoms with E-state index in [9.17, 15) is 8.42 Å².